The molecule has 0 unspecified atom stereocenters. The van der Waals surface area contributed by atoms with E-state index in [-0.39, 0.29) is 18.3 Å². The summed E-state index contributed by atoms with van der Waals surface area (Å²) >= 11 is 1.88. The van der Waals surface area contributed by atoms with Crippen molar-refractivity contribution >= 4 is 48.6 Å². The van der Waals surface area contributed by atoms with Crippen LogP contribution in [-0.4, -0.2) is 0 Å². The van der Waals surface area contributed by atoms with Gasteiger partial charge in [0.2, 0.25) is 0 Å². The molecule has 51 heavy (non-hydrogen) atoms. The molecule has 0 aliphatic heterocycles. The normalized spacial score (nSPS) is 14.4. The Morgan fingerprint density at radius 1 is 0.431 bits per heavy atom. The van der Waals surface area contributed by atoms with Crippen molar-refractivity contribution in [2.24, 2.45) is 0 Å². The van der Waals surface area contributed by atoms with Crippen LogP contribution in [0.5, 0.6) is 0 Å². The summed E-state index contributed by atoms with van der Waals surface area (Å²) in [6, 6.07) is 56.7. The van der Waals surface area contributed by atoms with E-state index in [2.05, 4.69) is 184 Å². The van der Waals surface area contributed by atoms with Gasteiger partial charge >= 0.3 is 0 Å². The molecule has 0 amide bonds. The zero-order chi connectivity index (χ0) is 33.8. The van der Waals surface area contributed by atoms with Gasteiger partial charge < -0.3 is 4.90 Å². The molecule has 0 radical (unpaired) electrons. The predicted molar refractivity (Wildman–Crippen MR) is 221 cm³/mol. The second kappa shape index (κ2) is 11.3. The lowest BCUT2D eigenvalue weighted by molar-refractivity contribution is 0.660. The van der Waals surface area contributed by atoms with Crippen molar-refractivity contribution in [3.05, 3.63) is 174 Å². The van der Waals surface area contributed by atoms with Crippen molar-refractivity contribution in [3.8, 4) is 33.4 Å². The van der Waals surface area contributed by atoms with Crippen LogP contribution in [0.1, 0.15) is 57.4 Å². The predicted octanol–water partition coefficient (Wildman–Crippen LogP) is 14.4. The highest BCUT2D eigenvalue weighted by atomic mass is 32.1. The lowest BCUT2D eigenvalue weighted by atomic mass is 9.82. The number of nitrogens with zero attached hydrogens (tertiary/aromatic N) is 1. The van der Waals surface area contributed by atoms with Crippen molar-refractivity contribution in [2.75, 3.05) is 4.90 Å². The number of thiophene rings is 1. The molecule has 0 spiro atoms. The number of anilines is 3. The van der Waals surface area contributed by atoms with Crippen LogP contribution in [0.15, 0.2) is 152 Å². The van der Waals surface area contributed by atoms with Crippen molar-refractivity contribution in [1.82, 2.24) is 0 Å². The number of hydrogen-bond donors (Lipinski definition) is 0. The van der Waals surface area contributed by atoms with Gasteiger partial charge in [0.25, 0.3) is 0 Å². The molecule has 0 fully saturated rings. The van der Waals surface area contributed by atoms with Gasteiger partial charge in [-0.05, 0) is 80.9 Å². The maximum atomic E-state index is 2.55. The van der Waals surface area contributed by atoms with E-state index in [4.69, 9.17) is 0 Å². The lowest BCUT2D eigenvalue weighted by Gasteiger charge is -2.32. The van der Waals surface area contributed by atoms with E-state index in [1.807, 2.05) is 11.3 Å². The summed E-state index contributed by atoms with van der Waals surface area (Å²) in [4.78, 5) is 2.55. The van der Waals surface area contributed by atoms with Gasteiger partial charge in [-0.15, -0.1) is 11.3 Å². The lowest BCUT2D eigenvalue weighted by Crippen LogP contribution is -2.18. The molecular formula is C49H41NS. The van der Waals surface area contributed by atoms with Gasteiger partial charge in [-0.25, -0.2) is 0 Å². The maximum absolute atomic E-state index is 2.55. The summed E-state index contributed by atoms with van der Waals surface area (Å²) in [5, 5.41) is 2.65. The SMILES string of the molecule is C.CC1(C)c2ccccc2-c2ccc(N(c3ccccc3-c3cccc4sc5ccccc5c34)c3cccc4c3-c3ccccc3C4(C)C)cc21. The fourth-order valence-electron chi connectivity index (χ4n) is 9.06. The van der Waals surface area contributed by atoms with Crippen LogP contribution in [0.4, 0.5) is 17.1 Å². The Bertz CT molecular complexity index is 2670. The fourth-order valence-corrected chi connectivity index (χ4v) is 10.2. The van der Waals surface area contributed by atoms with Crippen molar-refractivity contribution in [1.29, 1.82) is 0 Å². The van der Waals surface area contributed by atoms with Gasteiger partial charge in [-0.2, -0.15) is 0 Å². The van der Waals surface area contributed by atoms with Gasteiger partial charge in [0, 0.05) is 47.8 Å². The Morgan fingerprint density at radius 2 is 0.980 bits per heavy atom. The molecule has 2 heteroatoms. The molecule has 10 rings (SSSR count). The van der Waals surface area contributed by atoms with Crippen LogP contribution in [0.25, 0.3) is 53.6 Å². The number of hydrogen-bond acceptors (Lipinski definition) is 2. The standard InChI is InChI=1S/C48H37NS.CH4/c1-47(2)38-21-10-6-17-35(38)46-39(47)22-14-24-42(46)49(30-27-28-32-31-15-5-9-20-37(31)48(3,4)40(32)29-30)41-23-11-7-16-33(41)34-19-13-26-44-45(34)36-18-8-12-25-43(36)50-44;/h5-29H,1-4H3;1H4. The van der Waals surface area contributed by atoms with Crippen LogP contribution in [0, 0.1) is 0 Å². The van der Waals surface area contributed by atoms with E-state index >= 15 is 0 Å². The van der Waals surface area contributed by atoms with E-state index in [1.165, 1.54) is 92.9 Å². The third-order valence-corrected chi connectivity index (χ3v) is 12.6. The first-order valence-electron chi connectivity index (χ1n) is 17.6. The third-order valence-electron chi connectivity index (χ3n) is 11.5. The molecule has 2 aliphatic rings. The molecule has 0 saturated heterocycles. The highest BCUT2D eigenvalue weighted by molar-refractivity contribution is 7.25. The second-order valence-electron chi connectivity index (χ2n) is 14.9. The van der Waals surface area contributed by atoms with E-state index in [9.17, 15) is 0 Å². The molecule has 0 N–H and O–H groups in total. The monoisotopic (exact) mass is 675 g/mol. The van der Waals surface area contributed by atoms with Gasteiger partial charge in [0.1, 0.15) is 0 Å². The Hall–Kier alpha value is -5.44. The second-order valence-corrected chi connectivity index (χ2v) is 16.0. The molecule has 0 bridgehead atoms. The van der Waals surface area contributed by atoms with E-state index < -0.39 is 0 Å². The molecule has 1 aromatic heterocycles. The van der Waals surface area contributed by atoms with E-state index in [1.54, 1.807) is 0 Å². The molecule has 8 aromatic rings. The molecule has 0 saturated carbocycles. The molecule has 1 nitrogen and oxygen atoms in total. The molecule has 248 valence electrons. The third kappa shape index (κ3) is 4.39. The van der Waals surface area contributed by atoms with Crippen molar-refractivity contribution < 1.29 is 0 Å². The number of rotatable bonds is 4. The first-order valence-corrected chi connectivity index (χ1v) is 18.4. The quantitative estimate of drug-likeness (QED) is 0.179. The Balaban J connectivity index is 0.00000348. The minimum Gasteiger partial charge on any atom is -0.309 e. The first kappa shape index (κ1) is 31.5. The zero-order valence-electron chi connectivity index (χ0n) is 28.8. The smallest absolute Gasteiger partial charge is 0.0543 e. The molecular weight excluding hydrogens is 635 g/mol. The van der Waals surface area contributed by atoms with Crippen LogP contribution in [-0.2, 0) is 10.8 Å². The molecule has 1 heterocycles. The van der Waals surface area contributed by atoms with Gasteiger partial charge in [-0.1, -0.05) is 150 Å². The van der Waals surface area contributed by atoms with Crippen molar-refractivity contribution in [3.63, 3.8) is 0 Å². The van der Waals surface area contributed by atoms with Gasteiger partial charge in [0.15, 0.2) is 0 Å². The van der Waals surface area contributed by atoms with Crippen molar-refractivity contribution in [2.45, 2.75) is 46.0 Å². The highest BCUT2D eigenvalue weighted by Crippen LogP contribution is 2.56. The number of benzene rings is 7. The summed E-state index contributed by atoms with van der Waals surface area (Å²) in [7, 11) is 0. The minimum atomic E-state index is -0.110. The largest absolute Gasteiger partial charge is 0.309 e. The number of fused-ring (bicyclic) bond motifs is 9. The van der Waals surface area contributed by atoms with Gasteiger partial charge in [0.05, 0.1) is 11.4 Å². The number of para-hydroxylation sites is 1. The average Bonchev–Trinajstić information content (AvgIpc) is 3.72. The van der Waals surface area contributed by atoms with Crippen LogP contribution >= 0.6 is 11.3 Å². The Morgan fingerprint density at radius 3 is 1.80 bits per heavy atom. The average molecular weight is 676 g/mol. The fraction of sp³-hybridized carbons (Fsp3) is 0.143. The minimum absolute atomic E-state index is 0. The first-order chi connectivity index (χ1) is 24.3. The summed E-state index contributed by atoms with van der Waals surface area (Å²) in [5.41, 5.74) is 16.7. The van der Waals surface area contributed by atoms with Crippen LogP contribution in [0.2, 0.25) is 0 Å². The summed E-state index contributed by atoms with van der Waals surface area (Å²) in [5.74, 6) is 0. The van der Waals surface area contributed by atoms with E-state index in [0.29, 0.717) is 0 Å². The molecule has 2 aliphatic carbocycles. The highest BCUT2D eigenvalue weighted by Gasteiger charge is 2.39. The molecule has 7 aromatic carbocycles. The van der Waals surface area contributed by atoms with Gasteiger partial charge in [-0.3, -0.25) is 0 Å². The van der Waals surface area contributed by atoms with E-state index in [0.717, 1.165) is 0 Å². The Kier molecular flexibility index (Phi) is 6.98. The summed E-state index contributed by atoms with van der Waals surface area (Å²) < 4.78 is 2.64. The summed E-state index contributed by atoms with van der Waals surface area (Å²) in [6.45, 7) is 9.50. The zero-order valence-corrected chi connectivity index (χ0v) is 29.6. The summed E-state index contributed by atoms with van der Waals surface area (Å²) in [6.07, 6.45) is 0. The van der Waals surface area contributed by atoms with Crippen LogP contribution < -0.4 is 4.90 Å². The Labute approximate surface area is 305 Å². The molecule has 0 atom stereocenters. The topological polar surface area (TPSA) is 3.24 Å². The van der Waals surface area contributed by atoms with Crippen LogP contribution in [0.3, 0.4) is 0 Å². The maximum Gasteiger partial charge on any atom is 0.0543 e.